The first-order valence-electron chi connectivity index (χ1n) is 7.45. The Balaban J connectivity index is 1.94. The summed E-state index contributed by atoms with van der Waals surface area (Å²) in [5.41, 5.74) is 2.28. The Morgan fingerprint density at radius 2 is 1.80 bits per heavy atom. The number of carbonyl (C=O) groups excluding carboxylic acids is 1. The van der Waals surface area contributed by atoms with Crippen molar-refractivity contribution in [2.75, 3.05) is 5.32 Å². The summed E-state index contributed by atoms with van der Waals surface area (Å²) < 4.78 is 13.3. The Morgan fingerprint density at radius 1 is 1.08 bits per heavy atom. The second-order valence-electron chi connectivity index (χ2n) is 5.49. The topological polar surface area (TPSA) is 66.4 Å². The number of hydrogen-bond acceptors (Lipinski definition) is 3. The first-order chi connectivity index (χ1) is 11.9. The standard InChI is InChI=1S/C19H14FNO3S/c1-11-5-7-12(8-6-11)16-10-15(17(25-16)19(23)24)21-18(22)13-3-2-4-14(20)9-13/h2-10H,1H3,(H,21,22)(H,23,24). The fourth-order valence-corrected chi connectivity index (χ4v) is 3.28. The van der Waals surface area contributed by atoms with E-state index in [2.05, 4.69) is 5.32 Å². The van der Waals surface area contributed by atoms with Gasteiger partial charge in [-0.1, -0.05) is 35.9 Å². The van der Waals surface area contributed by atoms with Gasteiger partial charge in [0.25, 0.3) is 5.91 Å². The summed E-state index contributed by atoms with van der Waals surface area (Å²) in [5.74, 6) is -2.22. The summed E-state index contributed by atoms with van der Waals surface area (Å²) in [4.78, 5) is 24.5. The van der Waals surface area contributed by atoms with Crippen molar-refractivity contribution in [2.45, 2.75) is 6.92 Å². The number of anilines is 1. The molecule has 6 heteroatoms. The quantitative estimate of drug-likeness (QED) is 0.705. The number of carbonyl (C=O) groups is 2. The minimum atomic E-state index is -1.13. The maximum Gasteiger partial charge on any atom is 0.348 e. The molecule has 0 unspecified atom stereocenters. The fourth-order valence-electron chi connectivity index (χ4n) is 2.33. The molecular weight excluding hydrogens is 341 g/mol. The molecule has 0 aliphatic heterocycles. The van der Waals surface area contributed by atoms with E-state index in [0.717, 1.165) is 33.4 Å². The number of halogens is 1. The monoisotopic (exact) mass is 355 g/mol. The number of nitrogens with one attached hydrogen (secondary N) is 1. The first-order valence-corrected chi connectivity index (χ1v) is 8.27. The smallest absolute Gasteiger partial charge is 0.348 e. The zero-order chi connectivity index (χ0) is 18.0. The maximum absolute atomic E-state index is 13.3. The largest absolute Gasteiger partial charge is 0.477 e. The highest BCUT2D eigenvalue weighted by Gasteiger charge is 2.19. The number of amides is 1. The van der Waals surface area contributed by atoms with Crippen molar-refractivity contribution < 1.29 is 19.1 Å². The molecule has 0 aliphatic rings. The van der Waals surface area contributed by atoms with Crippen LogP contribution in [-0.2, 0) is 0 Å². The average Bonchev–Trinajstić information content (AvgIpc) is 2.99. The van der Waals surface area contributed by atoms with Gasteiger partial charge in [-0.05, 0) is 36.8 Å². The molecule has 0 saturated carbocycles. The normalized spacial score (nSPS) is 10.5. The van der Waals surface area contributed by atoms with E-state index in [0.29, 0.717) is 0 Å². The minimum absolute atomic E-state index is 0.0281. The molecule has 4 nitrogen and oxygen atoms in total. The van der Waals surface area contributed by atoms with Gasteiger partial charge in [-0.15, -0.1) is 11.3 Å². The van der Waals surface area contributed by atoms with Crippen LogP contribution in [0.1, 0.15) is 25.6 Å². The van der Waals surface area contributed by atoms with Gasteiger partial charge in [0.05, 0.1) is 5.69 Å². The molecule has 0 saturated heterocycles. The van der Waals surface area contributed by atoms with Crippen molar-refractivity contribution in [1.29, 1.82) is 0 Å². The van der Waals surface area contributed by atoms with E-state index in [1.54, 1.807) is 6.07 Å². The van der Waals surface area contributed by atoms with Crippen LogP contribution >= 0.6 is 11.3 Å². The highest BCUT2D eigenvalue weighted by atomic mass is 32.1. The maximum atomic E-state index is 13.3. The van der Waals surface area contributed by atoms with Crippen LogP contribution in [0.2, 0.25) is 0 Å². The van der Waals surface area contributed by atoms with E-state index in [4.69, 9.17) is 0 Å². The third-order valence-corrected chi connectivity index (χ3v) is 4.77. The van der Waals surface area contributed by atoms with Gasteiger partial charge in [-0.2, -0.15) is 0 Å². The van der Waals surface area contributed by atoms with Gasteiger partial charge in [0.15, 0.2) is 0 Å². The van der Waals surface area contributed by atoms with Crippen molar-refractivity contribution >= 4 is 28.9 Å². The van der Waals surface area contributed by atoms with Crippen LogP contribution in [0.15, 0.2) is 54.6 Å². The molecule has 2 N–H and O–H groups in total. The molecule has 0 bridgehead atoms. The molecule has 25 heavy (non-hydrogen) atoms. The molecule has 126 valence electrons. The van der Waals surface area contributed by atoms with E-state index in [-0.39, 0.29) is 16.1 Å². The zero-order valence-electron chi connectivity index (χ0n) is 13.2. The number of hydrogen-bond donors (Lipinski definition) is 2. The number of aromatic carboxylic acids is 1. The predicted octanol–water partition coefficient (Wildman–Crippen LogP) is 4.81. The van der Waals surface area contributed by atoms with Crippen molar-refractivity contribution in [1.82, 2.24) is 0 Å². The van der Waals surface area contributed by atoms with Gasteiger partial charge in [-0.3, -0.25) is 4.79 Å². The second-order valence-corrected chi connectivity index (χ2v) is 6.54. The van der Waals surface area contributed by atoms with Gasteiger partial charge in [0.2, 0.25) is 0 Å². The van der Waals surface area contributed by atoms with E-state index in [9.17, 15) is 19.1 Å². The Bertz CT molecular complexity index is 948. The molecule has 0 fully saturated rings. The molecule has 0 radical (unpaired) electrons. The molecule has 3 aromatic rings. The predicted molar refractivity (Wildman–Crippen MR) is 95.8 cm³/mol. The fraction of sp³-hybridized carbons (Fsp3) is 0.0526. The Hall–Kier alpha value is -2.99. The molecule has 2 aromatic carbocycles. The van der Waals surface area contributed by atoms with E-state index < -0.39 is 17.7 Å². The Morgan fingerprint density at radius 3 is 2.44 bits per heavy atom. The summed E-state index contributed by atoms with van der Waals surface area (Å²) in [6.07, 6.45) is 0. The highest BCUT2D eigenvalue weighted by Crippen LogP contribution is 2.35. The van der Waals surface area contributed by atoms with Crippen LogP contribution in [0.25, 0.3) is 10.4 Å². The second kappa shape index (κ2) is 6.86. The van der Waals surface area contributed by atoms with Crippen LogP contribution in [-0.4, -0.2) is 17.0 Å². The average molecular weight is 355 g/mol. The van der Waals surface area contributed by atoms with Crippen LogP contribution in [0.3, 0.4) is 0 Å². The lowest BCUT2D eigenvalue weighted by atomic mass is 10.1. The lowest BCUT2D eigenvalue weighted by molar-refractivity contribution is 0.0703. The van der Waals surface area contributed by atoms with Crippen LogP contribution in [0.5, 0.6) is 0 Å². The number of thiophene rings is 1. The van der Waals surface area contributed by atoms with Crippen LogP contribution in [0.4, 0.5) is 10.1 Å². The third kappa shape index (κ3) is 3.75. The number of rotatable bonds is 4. The van der Waals surface area contributed by atoms with Gasteiger partial charge in [0.1, 0.15) is 10.7 Å². The molecule has 0 aliphatic carbocycles. The van der Waals surface area contributed by atoms with Gasteiger partial charge >= 0.3 is 5.97 Å². The lowest BCUT2D eigenvalue weighted by Gasteiger charge is -2.04. The number of carboxylic acids is 1. The number of carboxylic acid groups (broad SMARTS) is 1. The number of benzene rings is 2. The van der Waals surface area contributed by atoms with E-state index >= 15 is 0 Å². The summed E-state index contributed by atoms with van der Waals surface area (Å²) in [6, 6.07) is 14.5. The van der Waals surface area contributed by atoms with Crippen LogP contribution in [0, 0.1) is 12.7 Å². The summed E-state index contributed by atoms with van der Waals surface area (Å²) >= 11 is 1.08. The molecule has 1 heterocycles. The Labute approximate surface area is 147 Å². The molecule has 3 rings (SSSR count). The molecular formula is C19H14FNO3S. The summed E-state index contributed by atoms with van der Waals surface area (Å²) in [7, 11) is 0. The van der Waals surface area contributed by atoms with Gasteiger partial charge < -0.3 is 10.4 Å². The van der Waals surface area contributed by atoms with Crippen molar-refractivity contribution in [3.8, 4) is 10.4 Å². The Kier molecular flexibility index (Phi) is 4.63. The van der Waals surface area contributed by atoms with Gasteiger partial charge in [0, 0.05) is 10.4 Å². The SMILES string of the molecule is Cc1ccc(-c2cc(NC(=O)c3cccc(F)c3)c(C(=O)O)s2)cc1. The summed E-state index contributed by atoms with van der Waals surface area (Å²) in [5, 5.41) is 12.0. The lowest BCUT2D eigenvalue weighted by Crippen LogP contribution is -2.13. The highest BCUT2D eigenvalue weighted by molar-refractivity contribution is 7.18. The molecule has 0 spiro atoms. The van der Waals surface area contributed by atoms with Crippen molar-refractivity contribution in [3.63, 3.8) is 0 Å². The van der Waals surface area contributed by atoms with Crippen molar-refractivity contribution in [3.05, 3.63) is 76.4 Å². The van der Waals surface area contributed by atoms with Crippen LogP contribution < -0.4 is 5.32 Å². The zero-order valence-corrected chi connectivity index (χ0v) is 14.1. The molecule has 1 aromatic heterocycles. The van der Waals surface area contributed by atoms with E-state index in [1.807, 2.05) is 31.2 Å². The minimum Gasteiger partial charge on any atom is -0.477 e. The number of aryl methyl sites for hydroxylation is 1. The molecule has 0 atom stereocenters. The molecule has 1 amide bonds. The third-order valence-electron chi connectivity index (χ3n) is 3.60. The van der Waals surface area contributed by atoms with Gasteiger partial charge in [-0.25, -0.2) is 9.18 Å². The van der Waals surface area contributed by atoms with Crippen molar-refractivity contribution in [2.24, 2.45) is 0 Å². The summed E-state index contributed by atoms with van der Waals surface area (Å²) in [6.45, 7) is 1.96. The van der Waals surface area contributed by atoms with E-state index in [1.165, 1.54) is 18.2 Å². The first kappa shape index (κ1) is 16.9.